The summed E-state index contributed by atoms with van der Waals surface area (Å²) in [6.07, 6.45) is 15.5. The predicted octanol–water partition coefficient (Wildman–Crippen LogP) is 6.12. The zero-order valence-corrected chi connectivity index (χ0v) is 17.5. The molecular weight excluding hydrogens is 372 g/mol. The minimum absolute atomic E-state index is 0.982. The summed E-state index contributed by atoms with van der Waals surface area (Å²) >= 11 is 1.89. The van der Waals surface area contributed by atoms with E-state index < -0.39 is 0 Å². The van der Waals surface area contributed by atoms with Gasteiger partial charge in [-0.1, -0.05) is 60.3 Å². The Labute approximate surface area is 176 Å². The van der Waals surface area contributed by atoms with Gasteiger partial charge in [0, 0.05) is 23.6 Å². The van der Waals surface area contributed by atoms with Crippen LogP contribution in [0.1, 0.15) is 24.5 Å². The quantitative estimate of drug-likeness (QED) is 0.387. The molecule has 3 aromatic rings. The van der Waals surface area contributed by atoms with Crippen molar-refractivity contribution < 1.29 is 4.57 Å². The van der Waals surface area contributed by atoms with Crippen LogP contribution in [0.15, 0.2) is 89.0 Å². The smallest absolute Gasteiger partial charge is 0.213 e. The summed E-state index contributed by atoms with van der Waals surface area (Å²) in [6, 6.07) is 17.5. The van der Waals surface area contributed by atoms with E-state index in [4.69, 9.17) is 0 Å². The van der Waals surface area contributed by atoms with E-state index in [0.717, 1.165) is 13.1 Å². The zero-order valence-electron chi connectivity index (χ0n) is 16.7. The maximum absolute atomic E-state index is 2.49. The summed E-state index contributed by atoms with van der Waals surface area (Å²) in [5.74, 6) is 0. The van der Waals surface area contributed by atoms with Gasteiger partial charge in [-0.15, -0.1) is 0 Å². The number of aryl methyl sites for hydroxylation is 2. The third kappa shape index (κ3) is 3.40. The van der Waals surface area contributed by atoms with Gasteiger partial charge >= 0.3 is 0 Å². The normalized spacial score (nSPS) is 17.1. The number of hydrogen-bond acceptors (Lipinski definition) is 2. The van der Waals surface area contributed by atoms with Gasteiger partial charge in [-0.3, -0.25) is 0 Å². The molecule has 0 unspecified atom stereocenters. The number of anilines is 1. The number of aromatic nitrogens is 1. The van der Waals surface area contributed by atoms with Gasteiger partial charge in [0.05, 0.1) is 16.1 Å². The van der Waals surface area contributed by atoms with Crippen LogP contribution in [0.25, 0.3) is 17.0 Å². The van der Waals surface area contributed by atoms with Gasteiger partial charge in [-0.05, 0) is 49.1 Å². The van der Waals surface area contributed by atoms with Crippen molar-refractivity contribution in [2.24, 2.45) is 0 Å². The molecule has 2 aromatic carbocycles. The summed E-state index contributed by atoms with van der Waals surface area (Å²) in [7, 11) is 0. The number of hydrogen-bond donors (Lipinski definition) is 0. The molecule has 0 saturated heterocycles. The fourth-order valence-corrected chi connectivity index (χ4v) is 5.45. The van der Waals surface area contributed by atoms with E-state index in [0.29, 0.717) is 0 Å². The largest absolute Gasteiger partial charge is 0.335 e. The molecule has 2 aliphatic rings. The third-order valence-electron chi connectivity index (χ3n) is 5.70. The molecule has 0 radical (unpaired) electrons. The van der Waals surface area contributed by atoms with Crippen molar-refractivity contribution in [2.75, 3.05) is 11.4 Å². The van der Waals surface area contributed by atoms with Crippen molar-refractivity contribution in [1.82, 2.24) is 0 Å². The van der Waals surface area contributed by atoms with E-state index in [1.54, 1.807) is 0 Å². The second-order valence-electron chi connectivity index (χ2n) is 7.44. The van der Waals surface area contributed by atoms with E-state index in [-0.39, 0.29) is 0 Å². The van der Waals surface area contributed by atoms with Gasteiger partial charge in [0.15, 0.2) is 6.20 Å². The minimum Gasteiger partial charge on any atom is -0.335 e. The highest BCUT2D eigenvalue weighted by Crippen LogP contribution is 2.49. The molecule has 0 spiro atoms. The summed E-state index contributed by atoms with van der Waals surface area (Å²) in [5.41, 5.74) is 5.47. The lowest BCUT2D eigenvalue weighted by atomic mass is 10.0. The molecule has 3 heterocycles. The van der Waals surface area contributed by atoms with Crippen LogP contribution in [0.5, 0.6) is 0 Å². The number of thioether (sulfide) groups is 1. The van der Waals surface area contributed by atoms with Crippen LogP contribution in [-0.4, -0.2) is 6.54 Å². The lowest BCUT2D eigenvalue weighted by Crippen LogP contribution is -2.32. The molecule has 0 bridgehead atoms. The van der Waals surface area contributed by atoms with E-state index >= 15 is 0 Å². The SMILES string of the molecule is CC[n+]1ccc(/C=C/C=C/C=C2\Sc3cccc4c3N2CCC4)c2ccccc21. The van der Waals surface area contributed by atoms with Gasteiger partial charge in [-0.2, -0.15) is 4.57 Å². The first-order chi connectivity index (χ1) is 14.3. The fourth-order valence-electron chi connectivity index (χ4n) is 4.30. The van der Waals surface area contributed by atoms with Crippen LogP contribution < -0.4 is 9.47 Å². The number of benzene rings is 2. The zero-order chi connectivity index (χ0) is 19.6. The maximum Gasteiger partial charge on any atom is 0.213 e. The van der Waals surface area contributed by atoms with Gasteiger partial charge in [0.1, 0.15) is 6.54 Å². The minimum atomic E-state index is 0.982. The molecule has 29 heavy (non-hydrogen) atoms. The summed E-state index contributed by atoms with van der Waals surface area (Å²) in [5, 5.41) is 2.63. The molecule has 0 N–H and O–H groups in total. The Hall–Kier alpha value is -2.78. The fraction of sp³-hybridized carbons (Fsp3) is 0.192. The van der Waals surface area contributed by atoms with Crippen LogP contribution >= 0.6 is 11.8 Å². The van der Waals surface area contributed by atoms with Gasteiger partial charge < -0.3 is 4.90 Å². The van der Waals surface area contributed by atoms with Crippen LogP contribution in [-0.2, 0) is 13.0 Å². The lowest BCUT2D eigenvalue weighted by Gasteiger charge is -2.27. The maximum atomic E-state index is 2.49. The average molecular weight is 398 g/mol. The Morgan fingerprint density at radius 1 is 1.03 bits per heavy atom. The first-order valence-corrected chi connectivity index (χ1v) is 11.2. The average Bonchev–Trinajstić information content (AvgIpc) is 3.13. The highest BCUT2D eigenvalue weighted by Gasteiger charge is 2.29. The summed E-state index contributed by atoms with van der Waals surface area (Å²) in [6.45, 7) is 4.29. The topological polar surface area (TPSA) is 7.12 Å². The first-order valence-electron chi connectivity index (χ1n) is 10.4. The Morgan fingerprint density at radius 3 is 2.90 bits per heavy atom. The molecule has 1 aromatic heterocycles. The Bertz CT molecular complexity index is 1160. The molecule has 3 heteroatoms. The van der Waals surface area contributed by atoms with Gasteiger partial charge in [0.25, 0.3) is 0 Å². The molecule has 5 rings (SSSR count). The van der Waals surface area contributed by atoms with Crippen LogP contribution in [0.3, 0.4) is 0 Å². The lowest BCUT2D eigenvalue weighted by molar-refractivity contribution is -0.667. The molecule has 0 amide bonds. The Kier molecular flexibility index (Phi) is 4.99. The number of pyridine rings is 1. The second-order valence-corrected chi connectivity index (χ2v) is 8.51. The molecule has 144 valence electrons. The first kappa shape index (κ1) is 18.3. The Balaban J connectivity index is 1.36. The molecule has 0 aliphatic carbocycles. The summed E-state index contributed by atoms with van der Waals surface area (Å²) in [4.78, 5) is 3.89. The molecule has 2 nitrogen and oxygen atoms in total. The van der Waals surface area contributed by atoms with E-state index in [1.165, 1.54) is 50.5 Å². The summed E-state index contributed by atoms with van der Waals surface area (Å²) < 4.78 is 2.29. The van der Waals surface area contributed by atoms with Crippen LogP contribution in [0, 0.1) is 0 Å². The molecular formula is C26H25N2S+. The van der Waals surface area contributed by atoms with Crippen molar-refractivity contribution >= 4 is 34.4 Å². The third-order valence-corrected chi connectivity index (χ3v) is 6.81. The van der Waals surface area contributed by atoms with Crippen molar-refractivity contribution in [3.63, 3.8) is 0 Å². The van der Waals surface area contributed by atoms with E-state index in [9.17, 15) is 0 Å². The standard InChI is InChI=1S/C26H25N2S/c1-2-27-19-17-20(22-13-6-7-14-23(22)27)10-4-3-5-16-25-28-18-9-12-21-11-8-15-24(29-25)26(21)28/h3-8,10-11,13-17,19H,2,9,12,18H2,1H3/q+1. The Morgan fingerprint density at radius 2 is 1.97 bits per heavy atom. The van der Waals surface area contributed by atoms with Crippen molar-refractivity contribution in [2.45, 2.75) is 31.2 Å². The predicted molar refractivity (Wildman–Crippen MR) is 124 cm³/mol. The number of rotatable bonds is 4. The van der Waals surface area contributed by atoms with Crippen LogP contribution in [0.4, 0.5) is 5.69 Å². The van der Waals surface area contributed by atoms with Gasteiger partial charge in [0.2, 0.25) is 5.52 Å². The highest BCUT2D eigenvalue weighted by atomic mass is 32.2. The molecule has 0 atom stereocenters. The highest BCUT2D eigenvalue weighted by molar-refractivity contribution is 8.03. The van der Waals surface area contributed by atoms with E-state index in [1.807, 2.05) is 11.8 Å². The number of fused-ring (bicyclic) bond motifs is 1. The second kappa shape index (κ2) is 7.92. The number of allylic oxidation sites excluding steroid dienone is 4. The van der Waals surface area contributed by atoms with Crippen molar-refractivity contribution in [3.05, 3.63) is 95.2 Å². The number of para-hydroxylation sites is 2. The van der Waals surface area contributed by atoms with Crippen LogP contribution in [0.2, 0.25) is 0 Å². The molecule has 0 fully saturated rings. The van der Waals surface area contributed by atoms with Gasteiger partial charge in [-0.25, -0.2) is 0 Å². The molecule has 2 aliphatic heterocycles. The monoisotopic (exact) mass is 397 g/mol. The van der Waals surface area contributed by atoms with Crippen molar-refractivity contribution in [3.8, 4) is 0 Å². The van der Waals surface area contributed by atoms with Crippen molar-refractivity contribution in [1.29, 1.82) is 0 Å². The molecule has 0 saturated carbocycles. The number of nitrogens with zero attached hydrogens (tertiary/aromatic N) is 2. The van der Waals surface area contributed by atoms with E-state index in [2.05, 4.69) is 101 Å².